The van der Waals surface area contributed by atoms with E-state index >= 15 is 0 Å². The highest BCUT2D eigenvalue weighted by Gasteiger charge is 2.25. The first-order valence-electron chi connectivity index (χ1n) is 8.70. The Kier molecular flexibility index (Phi) is 7.33. The van der Waals surface area contributed by atoms with Crippen molar-refractivity contribution in [3.63, 3.8) is 0 Å². The Morgan fingerprint density at radius 1 is 1.00 bits per heavy atom. The molecule has 7 heteroatoms. The summed E-state index contributed by atoms with van der Waals surface area (Å²) in [6.45, 7) is 5.25. The van der Waals surface area contributed by atoms with Crippen molar-refractivity contribution in [1.82, 2.24) is 5.32 Å². The second-order valence-electron chi connectivity index (χ2n) is 7.28. The number of hydrogen-bond acceptors (Lipinski definition) is 4. The molecule has 2 aromatic rings. The summed E-state index contributed by atoms with van der Waals surface area (Å²) in [6, 6.07) is 12.0. The molecule has 0 heterocycles. The zero-order valence-electron chi connectivity index (χ0n) is 16.2. The molecule has 1 amide bonds. The molecular weight excluding hydrogens is 401 g/mol. The van der Waals surface area contributed by atoms with E-state index in [4.69, 9.17) is 32.7 Å². The zero-order chi connectivity index (χ0) is 20.9. The fraction of sp³-hybridized carbons (Fsp3) is 0.333. The standard InChI is InChI=1S/C21H23Cl2NO4/c1-21(2,3)28-20(26)24-18(19(25)27-4)9-13-5-7-14(8-6-13)15-10-16(22)12-17(23)11-15/h5-8,10-12,18H,9H2,1-4H3,(H,24,26)/t18-/m0/s1. The Bertz CT molecular complexity index is 824. The number of carbonyl (C=O) groups is 2. The van der Waals surface area contributed by atoms with Gasteiger partial charge in [-0.2, -0.15) is 0 Å². The van der Waals surface area contributed by atoms with Gasteiger partial charge in [-0.3, -0.25) is 0 Å². The van der Waals surface area contributed by atoms with E-state index in [0.29, 0.717) is 10.0 Å². The number of ether oxygens (including phenoxy) is 2. The molecule has 2 rings (SSSR count). The highest BCUT2D eigenvalue weighted by Crippen LogP contribution is 2.27. The van der Waals surface area contributed by atoms with E-state index in [1.807, 2.05) is 36.4 Å². The lowest BCUT2D eigenvalue weighted by Crippen LogP contribution is -2.45. The molecule has 0 radical (unpaired) electrons. The number of esters is 1. The monoisotopic (exact) mass is 423 g/mol. The maximum Gasteiger partial charge on any atom is 0.408 e. The quantitative estimate of drug-likeness (QED) is 0.665. The van der Waals surface area contributed by atoms with E-state index in [0.717, 1.165) is 16.7 Å². The molecule has 5 nitrogen and oxygen atoms in total. The lowest BCUT2D eigenvalue weighted by atomic mass is 10.0. The lowest BCUT2D eigenvalue weighted by Gasteiger charge is -2.22. The number of amides is 1. The topological polar surface area (TPSA) is 64.6 Å². The fourth-order valence-corrected chi connectivity index (χ4v) is 3.10. The maximum atomic E-state index is 12.1. The van der Waals surface area contributed by atoms with E-state index in [1.54, 1.807) is 26.8 Å². The van der Waals surface area contributed by atoms with Crippen LogP contribution in [0, 0.1) is 0 Å². The van der Waals surface area contributed by atoms with E-state index in [9.17, 15) is 9.59 Å². The van der Waals surface area contributed by atoms with Crippen molar-refractivity contribution >= 4 is 35.3 Å². The fourth-order valence-electron chi connectivity index (χ4n) is 2.57. The maximum absolute atomic E-state index is 12.1. The van der Waals surface area contributed by atoms with Crippen molar-refractivity contribution < 1.29 is 19.1 Å². The van der Waals surface area contributed by atoms with Gasteiger partial charge in [-0.25, -0.2) is 9.59 Å². The molecule has 2 aromatic carbocycles. The predicted octanol–water partition coefficient (Wildman–Crippen LogP) is 5.27. The van der Waals surface area contributed by atoms with Crippen molar-refractivity contribution in [2.24, 2.45) is 0 Å². The van der Waals surface area contributed by atoms with Crippen LogP contribution in [0.4, 0.5) is 4.79 Å². The number of rotatable bonds is 5. The largest absolute Gasteiger partial charge is 0.467 e. The molecular formula is C21H23Cl2NO4. The van der Waals surface area contributed by atoms with Gasteiger partial charge in [0.2, 0.25) is 0 Å². The molecule has 1 N–H and O–H groups in total. The van der Waals surface area contributed by atoms with Crippen LogP contribution < -0.4 is 5.32 Å². The van der Waals surface area contributed by atoms with Crippen LogP contribution in [0.1, 0.15) is 26.3 Å². The first kappa shape index (κ1) is 22.1. The van der Waals surface area contributed by atoms with Gasteiger partial charge in [-0.1, -0.05) is 47.5 Å². The molecule has 28 heavy (non-hydrogen) atoms. The molecule has 0 saturated carbocycles. The van der Waals surface area contributed by atoms with Crippen LogP contribution >= 0.6 is 23.2 Å². The van der Waals surface area contributed by atoms with Crippen LogP contribution in [-0.4, -0.2) is 30.8 Å². The summed E-state index contributed by atoms with van der Waals surface area (Å²) in [4.78, 5) is 24.1. The van der Waals surface area contributed by atoms with Crippen LogP contribution in [0.25, 0.3) is 11.1 Å². The summed E-state index contributed by atoms with van der Waals surface area (Å²) in [5, 5.41) is 3.67. The molecule has 150 valence electrons. The number of alkyl carbamates (subject to hydrolysis) is 1. The Balaban J connectivity index is 2.14. The van der Waals surface area contributed by atoms with Gasteiger partial charge in [-0.05, 0) is 55.7 Å². The Morgan fingerprint density at radius 2 is 1.57 bits per heavy atom. The normalized spacial score (nSPS) is 12.2. The van der Waals surface area contributed by atoms with Gasteiger partial charge >= 0.3 is 12.1 Å². The second-order valence-corrected chi connectivity index (χ2v) is 8.15. The van der Waals surface area contributed by atoms with Crippen molar-refractivity contribution in [1.29, 1.82) is 0 Å². The molecule has 1 atom stereocenters. The Labute approximate surface area is 174 Å². The number of carbonyl (C=O) groups excluding carboxylic acids is 2. The van der Waals surface area contributed by atoms with Crippen molar-refractivity contribution in [3.8, 4) is 11.1 Å². The van der Waals surface area contributed by atoms with E-state index < -0.39 is 23.7 Å². The summed E-state index contributed by atoms with van der Waals surface area (Å²) < 4.78 is 10.0. The van der Waals surface area contributed by atoms with Gasteiger partial charge in [0.25, 0.3) is 0 Å². The molecule has 0 saturated heterocycles. The van der Waals surface area contributed by atoms with Crippen molar-refractivity contribution in [2.75, 3.05) is 7.11 Å². The summed E-state index contributed by atoms with van der Waals surface area (Å²) in [5.41, 5.74) is 2.01. The minimum Gasteiger partial charge on any atom is -0.467 e. The highest BCUT2D eigenvalue weighted by atomic mass is 35.5. The number of benzene rings is 2. The van der Waals surface area contributed by atoms with Gasteiger partial charge in [0.15, 0.2) is 0 Å². The van der Waals surface area contributed by atoms with Crippen LogP contribution in [0.5, 0.6) is 0 Å². The van der Waals surface area contributed by atoms with Crippen LogP contribution in [0.3, 0.4) is 0 Å². The summed E-state index contributed by atoms with van der Waals surface area (Å²) in [7, 11) is 1.28. The van der Waals surface area contributed by atoms with Gasteiger partial charge in [0.05, 0.1) is 7.11 Å². The van der Waals surface area contributed by atoms with Crippen molar-refractivity contribution in [3.05, 3.63) is 58.1 Å². The average Bonchev–Trinajstić information content (AvgIpc) is 2.58. The molecule has 0 spiro atoms. The van der Waals surface area contributed by atoms with Crippen LogP contribution in [0.2, 0.25) is 10.0 Å². The van der Waals surface area contributed by atoms with Gasteiger partial charge in [-0.15, -0.1) is 0 Å². The van der Waals surface area contributed by atoms with E-state index in [2.05, 4.69) is 5.32 Å². The molecule has 0 aliphatic carbocycles. The summed E-state index contributed by atoms with van der Waals surface area (Å²) >= 11 is 12.1. The Hall–Kier alpha value is -2.24. The molecule has 0 bridgehead atoms. The smallest absolute Gasteiger partial charge is 0.408 e. The minimum atomic E-state index is -0.855. The van der Waals surface area contributed by atoms with Crippen molar-refractivity contribution in [2.45, 2.75) is 38.8 Å². The Morgan fingerprint density at radius 3 is 2.07 bits per heavy atom. The van der Waals surface area contributed by atoms with Gasteiger partial charge in [0.1, 0.15) is 11.6 Å². The molecule has 0 aromatic heterocycles. The lowest BCUT2D eigenvalue weighted by molar-refractivity contribution is -0.143. The molecule has 0 fully saturated rings. The second kappa shape index (κ2) is 9.30. The first-order valence-corrected chi connectivity index (χ1v) is 9.46. The summed E-state index contributed by atoms with van der Waals surface area (Å²) in [6.07, 6.45) is -0.407. The third-order valence-electron chi connectivity index (χ3n) is 3.77. The zero-order valence-corrected chi connectivity index (χ0v) is 17.7. The van der Waals surface area contributed by atoms with Gasteiger partial charge < -0.3 is 14.8 Å². The van der Waals surface area contributed by atoms with E-state index in [-0.39, 0.29) is 6.42 Å². The minimum absolute atomic E-state index is 0.266. The number of halogens is 2. The van der Waals surface area contributed by atoms with E-state index in [1.165, 1.54) is 7.11 Å². The number of nitrogens with one attached hydrogen (secondary N) is 1. The highest BCUT2D eigenvalue weighted by molar-refractivity contribution is 6.35. The summed E-state index contributed by atoms with van der Waals surface area (Å²) in [5.74, 6) is -0.545. The van der Waals surface area contributed by atoms with Gasteiger partial charge in [0, 0.05) is 16.5 Å². The average molecular weight is 424 g/mol. The number of hydrogen-bond donors (Lipinski definition) is 1. The number of methoxy groups -OCH3 is 1. The SMILES string of the molecule is COC(=O)[C@H](Cc1ccc(-c2cc(Cl)cc(Cl)c2)cc1)NC(=O)OC(C)(C)C. The molecule has 0 aliphatic rings. The third kappa shape index (κ3) is 6.73. The molecule has 0 unspecified atom stereocenters. The first-order chi connectivity index (χ1) is 13.1. The predicted molar refractivity (Wildman–Crippen MR) is 111 cm³/mol. The third-order valence-corrected chi connectivity index (χ3v) is 4.20. The molecule has 0 aliphatic heterocycles. The van der Waals surface area contributed by atoms with Crippen LogP contribution in [-0.2, 0) is 20.7 Å². The van der Waals surface area contributed by atoms with Crippen LogP contribution in [0.15, 0.2) is 42.5 Å².